The lowest BCUT2D eigenvalue weighted by atomic mass is 9.89. The minimum absolute atomic E-state index is 0.290. The number of rotatable bonds is 2. The normalized spacial score (nSPS) is 21.2. The molecule has 3 heteroatoms. The molecule has 1 aromatic carbocycles. The maximum absolute atomic E-state index is 4.59. The molecule has 2 nitrogen and oxygen atoms in total. The smallest absolute Gasteiger partial charge is 0.0978 e. The monoisotopic (exact) mass is 294 g/mol. The summed E-state index contributed by atoms with van der Waals surface area (Å²) in [5.41, 5.74) is 4.26. The van der Waals surface area contributed by atoms with Gasteiger partial charge in [-0.05, 0) is 37.5 Å². The molecule has 0 amide bonds. The predicted molar refractivity (Wildman–Crippen MR) is 77.1 cm³/mol. The summed E-state index contributed by atoms with van der Waals surface area (Å²) < 4.78 is 0. The van der Waals surface area contributed by atoms with Gasteiger partial charge < -0.3 is 5.32 Å². The second-order valence-corrected chi connectivity index (χ2v) is 6.13. The van der Waals surface area contributed by atoms with Gasteiger partial charge in [-0.2, -0.15) is 0 Å². The molecule has 0 aromatic heterocycles. The number of hydrogen-bond acceptors (Lipinski definition) is 2. The first-order chi connectivity index (χ1) is 8.08. The number of hydrogen-bond donors (Lipinski definition) is 1. The first-order valence-corrected chi connectivity index (χ1v) is 6.99. The molecular formula is C14H19BrN2. The van der Waals surface area contributed by atoms with Crippen molar-refractivity contribution in [1.82, 2.24) is 5.32 Å². The van der Waals surface area contributed by atoms with Crippen LogP contribution in [0.5, 0.6) is 0 Å². The summed E-state index contributed by atoms with van der Waals surface area (Å²) in [6.07, 6.45) is 1.03. The number of alkyl halides is 1. The lowest BCUT2D eigenvalue weighted by Crippen LogP contribution is -2.27. The van der Waals surface area contributed by atoms with Crippen molar-refractivity contribution in [1.29, 1.82) is 0 Å². The third-order valence-corrected chi connectivity index (χ3v) is 3.49. The van der Waals surface area contributed by atoms with Crippen LogP contribution in [0.25, 0.3) is 0 Å². The zero-order valence-corrected chi connectivity index (χ0v) is 12.2. The highest BCUT2D eigenvalue weighted by atomic mass is 79.9. The second-order valence-electron chi connectivity index (χ2n) is 4.75. The van der Waals surface area contributed by atoms with E-state index in [0.717, 1.165) is 18.8 Å². The third kappa shape index (κ3) is 2.89. The SMILES string of the molecule is Cc1cccc(C)c1C1CN=C(NC(C)Br)C1. The Morgan fingerprint density at radius 2 is 2.00 bits per heavy atom. The molecular weight excluding hydrogens is 276 g/mol. The molecule has 0 saturated carbocycles. The fraction of sp³-hybridized carbons (Fsp3) is 0.500. The van der Waals surface area contributed by atoms with Gasteiger partial charge in [-0.3, -0.25) is 4.99 Å². The van der Waals surface area contributed by atoms with E-state index in [2.05, 4.69) is 65.2 Å². The van der Waals surface area contributed by atoms with Gasteiger partial charge in [0, 0.05) is 18.9 Å². The van der Waals surface area contributed by atoms with E-state index in [1.54, 1.807) is 0 Å². The van der Waals surface area contributed by atoms with E-state index >= 15 is 0 Å². The van der Waals surface area contributed by atoms with Crippen molar-refractivity contribution in [2.75, 3.05) is 6.54 Å². The zero-order valence-electron chi connectivity index (χ0n) is 10.6. The van der Waals surface area contributed by atoms with Crippen LogP contribution < -0.4 is 5.32 Å². The van der Waals surface area contributed by atoms with Crippen molar-refractivity contribution in [2.45, 2.75) is 38.1 Å². The zero-order chi connectivity index (χ0) is 12.4. The van der Waals surface area contributed by atoms with Crippen molar-refractivity contribution in [2.24, 2.45) is 4.99 Å². The van der Waals surface area contributed by atoms with Crippen LogP contribution in [0.2, 0.25) is 0 Å². The van der Waals surface area contributed by atoms with Crippen LogP contribution >= 0.6 is 15.9 Å². The summed E-state index contributed by atoms with van der Waals surface area (Å²) >= 11 is 3.50. The molecule has 0 spiro atoms. The predicted octanol–water partition coefficient (Wildman–Crippen LogP) is 3.52. The number of aryl methyl sites for hydroxylation is 2. The van der Waals surface area contributed by atoms with E-state index in [-0.39, 0.29) is 4.95 Å². The standard InChI is InChI=1S/C14H19BrN2/c1-9-5-4-6-10(2)14(9)12-7-13(16-8-12)17-11(3)15/h4-6,11-12H,7-8H2,1-3H3,(H,16,17). The first-order valence-electron chi connectivity index (χ1n) is 6.08. The van der Waals surface area contributed by atoms with Gasteiger partial charge in [0.05, 0.1) is 10.8 Å². The first kappa shape index (κ1) is 12.6. The number of aliphatic imine (C=N–C) groups is 1. The average molecular weight is 295 g/mol. The molecule has 2 atom stereocenters. The van der Waals surface area contributed by atoms with Crippen molar-refractivity contribution >= 4 is 21.8 Å². The van der Waals surface area contributed by atoms with Crippen molar-refractivity contribution in [3.8, 4) is 0 Å². The molecule has 1 aromatic rings. The molecule has 1 aliphatic heterocycles. The van der Waals surface area contributed by atoms with Crippen LogP contribution in [0.1, 0.15) is 36.0 Å². The quantitative estimate of drug-likeness (QED) is 0.655. The molecule has 0 fully saturated rings. The Labute approximate surface area is 112 Å². The molecule has 0 aliphatic carbocycles. The largest absolute Gasteiger partial charge is 0.362 e. The lowest BCUT2D eigenvalue weighted by Gasteiger charge is -2.16. The molecule has 17 heavy (non-hydrogen) atoms. The summed E-state index contributed by atoms with van der Waals surface area (Å²) in [7, 11) is 0. The van der Waals surface area contributed by atoms with Crippen LogP contribution in [0.4, 0.5) is 0 Å². The lowest BCUT2D eigenvalue weighted by molar-refractivity contribution is 0.758. The molecule has 1 N–H and O–H groups in total. The Bertz CT molecular complexity index is 418. The van der Waals surface area contributed by atoms with Gasteiger partial charge in [0.2, 0.25) is 0 Å². The van der Waals surface area contributed by atoms with E-state index in [9.17, 15) is 0 Å². The van der Waals surface area contributed by atoms with E-state index in [4.69, 9.17) is 0 Å². The van der Waals surface area contributed by atoms with E-state index in [0.29, 0.717) is 5.92 Å². The summed E-state index contributed by atoms with van der Waals surface area (Å²) in [5, 5.41) is 3.35. The van der Waals surface area contributed by atoms with Crippen LogP contribution in [0.15, 0.2) is 23.2 Å². The van der Waals surface area contributed by atoms with Crippen LogP contribution in [0.3, 0.4) is 0 Å². The average Bonchev–Trinajstić information content (AvgIpc) is 2.65. The molecule has 1 heterocycles. The van der Waals surface area contributed by atoms with E-state index < -0.39 is 0 Å². The highest BCUT2D eigenvalue weighted by molar-refractivity contribution is 9.09. The Morgan fingerprint density at radius 3 is 2.59 bits per heavy atom. The van der Waals surface area contributed by atoms with Crippen molar-refractivity contribution < 1.29 is 0 Å². The minimum Gasteiger partial charge on any atom is -0.362 e. The molecule has 0 radical (unpaired) electrons. The van der Waals surface area contributed by atoms with Crippen molar-refractivity contribution in [3.63, 3.8) is 0 Å². The highest BCUT2D eigenvalue weighted by Gasteiger charge is 2.23. The summed E-state index contributed by atoms with van der Waals surface area (Å²) in [6.45, 7) is 7.38. The Balaban J connectivity index is 2.12. The summed E-state index contributed by atoms with van der Waals surface area (Å²) in [6, 6.07) is 6.52. The maximum atomic E-state index is 4.59. The molecule has 0 saturated heterocycles. The van der Waals surface area contributed by atoms with Gasteiger partial charge in [-0.15, -0.1) is 0 Å². The highest BCUT2D eigenvalue weighted by Crippen LogP contribution is 2.30. The fourth-order valence-electron chi connectivity index (χ4n) is 2.58. The van der Waals surface area contributed by atoms with Gasteiger partial charge in [0.25, 0.3) is 0 Å². The molecule has 0 bridgehead atoms. The number of amidine groups is 1. The number of nitrogens with one attached hydrogen (secondary N) is 1. The van der Waals surface area contributed by atoms with E-state index in [1.807, 2.05) is 0 Å². The molecule has 1 aliphatic rings. The van der Waals surface area contributed by atoms with Gasteiger partial charge in [-0.1, -0.05) is 34.1 Å². The van der Waals surface area contributed by atoms with Gasteiger partial charge in [0.15, 0.2) is 0 Å². The van der Waals surface area contributed by atoms with E-state index in [1.165, 1.54) is 16.7 Å². The van der Waals surface area contributed by atoms with Crippen LogP contribution in [-0.2, 0) is 0 Å². The fourth-order valence-corrected chi connectivity index (χ4v) is 2.85. The maximum Gasteiger partial charge on any atom is 0.0978 e. The van der Waals surface area contributed by atoms with Crippen molar-refractivity contribution in [3.05, 3.63) is 34.9 Å². The Morgan fingerprint density at radius 1 is 1.35 bits per heavy atom. The Hall–Kier alpha value is -0.830. The van der Waals surface area contributed by atoms with Crippen LogP contribution in [-0.4, -0.2) is 17.3 Å². The third-order valence-electron chi connectivity index (χ3n) is 3.26. The molecule has 2 rings (SSSR count). The number of nitrogens with zero attached hydrogens (tertiary/aromatic N) is 1. The van der Waals surface area contributed by atoms with Crippen LogP contribution in [0, 0.1) is 13.8 Å². The molecule has 2 unspecified atom stereocenters. The van der Waals surface area contributed by atoms with Gasteiger partial charge >= 0.3 is 0 Å². The minimum atomic E-state index is 0.290. The summed E-state index contributed by atoms with van der Waals surface area (Å²) in [5.74, 6) is 1.67. The summed E-state index contributed by atoms with van der Waals surface area (Å²) in [4.78, 5) is 4.88. The Kier molecular flexibility index (Phi) is 3.87. The topological polar surface area (TPSA) is 24.4 Å². The van der Waals surface area contributed by atoms with Gasteiger partial charge in [0.1, 0.15) is 0 Å². The molecule has 92 valence electrons. The number of halogens is 1. The second kappa shape index (κ2) is 5.21. The van der Waals surface area contributed by atoms with Gasteiger partial charge in [-0.25, -0.2) is 0 Å². The number of benzene rings is 1.